The van der Waals surface area contributed by atoms with Crippen molar-refractivity contribution in [2.45, 2.75) is 25.2 Å². The van der Waals surface area contributed by atoms with Crippen LogP contribution < -0.4 is 0 Å². The van der Waals surface area contributed by atoms with E-state index in [1.807, 2.05) is 13.8 Å². The zero-order chi connectivity index (χ0) is 13.9. The van der Waals surface area contributed by atoms with Crippen LogP contribution in [0.4, 0.5) is 0 Å². The molecule has 0 aliphatic carbocycles. The van der Waals surface area contributed by atoms with Gasteiger partial charge in [0.25, 0.3) is 10.1 Å². The molecule has 2 rings (SSSR count). The van der Waals surface area contributed by atoms with Gasteiger partial charge in [-0.25, -0.2) is 0 Å². The van der Waals surface area contributed by atoms with Crippen molar-refractivity contribution < 1.29 is 17.3 Å². The Bertz CT molecular complexity index is 503. The zero-order valence-corrected chi connectivity index (χ0v) is 12.2. The Balaban J connectivity index is 1.98. The van der Waals surface area contributed by atoms with E-state index < -0.39 is 10.1 Å². The normalized spacial score (nSPS) is 18.0. The Hall–Kier alpha value is -0.910. The van der Waals surface area contributed by atoms with Gasteiger partial charge < -0.3 is 4.74 Å². The van der Waals surface area contributed by atoms with E-state index in [1.54, 1.807) is 24.3 Å². The third kappa shape index (κ3) is 3.55. The fraction of sp³-hybridized carbons (Fsp3) is 0.571. The maximum Gasteiger partial charge on any atom is 0.296 e. The maximum absolute atomic E-state index is 12.0. The highest BCUT2D eigenvalue weighted by Crippen LogP contribution is 2.25. The predicted octanol–water partition coefficient (Wildman–Crippen LogP) is 2.37. The summed E-state index contributed by atoms with van der Waals surface area (Å²) in [5, 5.41) is 0. The van der Waals surface area contributed by atoms with Gasteiger partial charge in [0.05, 0.1) is 24.7 Å². The molecule has 1 aliphatic rings. The standard InChI is InChI=1S/C14H20O4S/c1-3-12(13-8-17-9-13)10-18-19(15,16)14-6-4-11(2)5-7-14/h4-7,12-13H,3,8-10H2,1-2H3. The average Bonchev–Trinajstić information content (AvgIpc) is 2.32. The van der Waals surface area contributed by atoms with Gasteiger partial charge in [0, 0.05) is 5.92 Å². The number of rotatable bonds is 6. The van der Waals surface area contributed by atoms with E-state index in [1.165, 1.54) is 0 Å². The van der Waals surface area contributed by atoms with Crippen LogP contribution >= 0.6 is 0 Å². The van der Waals surface area contributed by atoms with Gasteiger partial charge in [-0.15, -0.1) is 0 Å². The van der Waals surface area contributed by atoms with Crippen LogP contribution in [0.3, 0.4) is 0 Å². The summed E-state index contributed by atoms with van der Waals surface area (Å²) in [6.45, 7) is 5.63. The molecule has 1 heterocycles. The first-order valence-electron chi connectivity index (χ1n) is 6.56. The molecule has 19 heavy (non-hydrogen) atoms. The Labute approximate surface area is 114 Å². The fourth-order valence-electron chi connectivity index (χ4n) is 2.06. The minimum Gasteiger partial charge on any atom is -0.381 e. The first-order valence-corrected chi connectivity index (χ1v) is 7.97. The van der Waals surface area contributed by atoms with E-state index in [9.17, 15) is 8.42 Å². The Morgan fingerprint density at radius 1 is 1.32 bits per heavy atom. The van der Waals surface area contributed by atoms with Crippen LogP contribution in [0.15, 0.2) is 29.2 Å². The molecule has 106 valence electrons. The van der Waals surface area contributed by atoms with E-state index >= 15 is 0 Å². The molecular formula is C14H20O4S. The van der Waals surface area contributed by atoms with E-state index in [4.69, 9.17) is 8.92 Å². The number of hydrogen-bond acceptors (Lipinski definition) is 4. The molecule has 1 atom stereocenters. The summed E-state index contributed by atoms with van der Waals surface area (Å²) in [5.41, 5.74) is 1.03. The van der Waals surface area contributed by atoms with Crippen LogP contribution in [0, 0.1) is 18.8 Å². The van der Waals surface area contributed by atoms with Crippen molar-refractivity contribution in [3.8, 4) is 0 Å². The van der Waals surface area contributed by atoms with Gasteiger partial charge in [-0.05, 0) is 25.0 Å². The van der Waals surface area contributed by atoms with E-state index in [-0.39, 0.29) is 17.4 Å². The first kappa shape index (κ1) is 14.5. The molecule has 0 aromatic heterocycles. The second kappa shape index (κ2) is 6.03. The van der Waals surface area contributed by atoms with E-state index in [2.05, 4.69) is 0 Å². The van der Waals surface area contributed by atoms with Crippen LogP contribution in [0.1, 0.15) is 18.9 Å². The third-order valence-electron chi connectivity index (χ3n) is 3.60. The lowest BCUT2D eigenvalue weighted by Gasteiger charge is -2.32. The summed E-state index contributed by atoms with van der Waals surface area (Å²) >= 11 is 0. The molecule has 0 amide bonds. The molecule has 4 nitrogen and oxygen atoms in total. The summed E-state index contributed by atoms with van der Waals surface area (Å²) < 4.78 is 34.4. The van der Waals surface area contributed by atoms with Gasteiger partial charge in [0.2, 0.25) is 0 Å². The predicted molar refractivity (Wildman–Crippen MR) is 72.4 cm³/mol. The number of hydrogen-bond donors (Lipinski definition) is 0. The summed E-state index contributed by atoms with van der Waals surface area (Å²) in [6, 6.07) is 6.71. The molecular weight excluding hydrogens is 264 g/mol. The van der Waals surface area contributed by atoms with Crippen molar-refractivity contribution in [2.24, 2.45) is 11.8 Å². The molecule has 1 fully saturated rings. The molecule has 0 saturated carbocycles. The molecule has 0 bridgehead atoms. The number of aryl methyl sites for hydroxylation is 1. The van der Waals surface area contributed by atoms with Gasteiger partial charge in [-0.1, -0.05) is 31.0 Å². The number of benzene rings is 1. The monoisotopic (exact) mass is 284 g/mol. The largest absolute Gasteiger partial charge is 0.381 e. The first-order chi connectivity index (χ1) is 9.03. The molecule has 1 unspecified atom stereocenters. The van der Waals surface area contributed by atoms with E-state index in [0.29, 0.717) is 19.1 Å². The molecule has 1 saturated heterocycles. The van der Waals surface area contributed by atoms with Crippen LogP contribution in [-0.4, -0.2) is 28.2 Å². The fourth-order valence-corrected chi connectivity index (χ4v) is 3.02. The van der Waals surface area contributed by atoms with Crippen molar-refractivity contribution in [1.82, 2.24) is 0 Å². The SMILES string of the molecule is CCC(COS(=O)(=O)c1ccc(C)cc1)C1COC1. The third-order valence-corrected chi connectivity index (χ3v) is 4.90. The lowest BCUT2D eigenvalue weighted by molar-refractivity contribution is -0.0690. The summed E-state index contributed by atoms with van der Waals surface area (Å²) in [6.07, 6.45) is 0.900. The van der Waals surface area contributed by atoms with Crippen molar-refractivity contribution in [2.75, 3.05) is 19.8 Å². The highest BCUT2D eigenvalue weighted by Gasteiger charge is 2.29. The van der Waals surface area contributed by atoms with E-state index in [0.717, 1.165) is 12.0 Å². The van der Waals surface area contributed by atoms with Crippen LogP contribution in [0.2, 0.25) is 0 Å². The average molecular weight is 284 g/mol. The van der Waals surface area contributed by atoms with Gasteiger partial charge in [-0.3, -0.25) is 4.18 Å². The van der Waals surface area contributed by atoms with Crippen molar-refractivity contribution >= 4 is 10.1 Å². The molecule has 1 aromatic carbocycles. The smallest absolute Gasteiger partial charge is 0.296 e. The van der Waals surface area contributed by atoms with Crippen molar-refractivity contribution in [3.63, 3.8) is 0 Å². The van der Waals surface area contributed by atoms with Crippen molar-refractivity contribution in [3.05, 3.63) is 29.8 Å². The molecule has 5 heteroatoms. The maximum atomic E-state index is 12.0. The lowest BCUT2D eigenvalue weighted by Crippen LogP contribution is -2.36. The minimum atomic E-state index is -3.64. The molecule has 0 spiro atoms. The summed E-state index contributed by atoms with van der Waals surface area (Å²) in [5.74, 6) is 0.673. The molecule has 0 N–H and O–H groups in total. The summed E-state index contributed by atoms with van der Waals surface area (Å²) in [7, 11) is -3.64. The molecule has 1 aliphatic heterocycles. The number of ether oxygens (including phenoxy) is 1. The van der Waals surface area contributed by atoms with Gasteiger partial charge in [0.15, 0.2) is 0 Å². The highest BCUT2D eigenvalue weighted by molar-refractivity contribution is 7.86. The van der Waals surface area contributed by atoms with Crippen LogP contribution in [0.25, 0.3) is 0 Å². The van der Waals surface area contributed by atoms with Crippen LogP contribution in [-0.2, 0) is 19.0 Å². The summed E-state index contributed by atoms with van der Waals surface area (Å²) in [4.78, 5) is 0.220. The highest BCUT2D eigenvalue weighted by atomic mass is 32.2. The van der Waals surface area contributed by atoms with Gasteiger partial charge >= 0.3 is 0 Å². The molecule has 1 aromatic rings. The lowest BCUT2D eigenvalue weighted by atomic mass is 9.89. The Morgan fingerprint density at radius 3 is 2.42 bits per heavy atom. The van der Waals surface area contributed by atoms with Gasteiger partial charge in [0.1, 0.15) is 0 Å². The Kier molecular flexibility index (Phi) is 4.60. The zero-order valence-electron chi connectivity index (χ0n) is 11.3. The minimum absolute atomic E-state index is 0.220. The second-order valence-electron chi connectivity index (χ2n) is 5.02. The topological polar surface area (TPSA) is 52.6 Å². The Morgan fingerprint density at radius 2 is 1.95 bits per heavy atom. The second-order valence-corrected chi connectivity index (χ2v) is 6.63. The van der Waals surface area contributed by atoms with Crippen LogP contribution in [0.5, 0.6) is 0 Å². The quantitative estimate of drug-likeness (QED) is 0.753. The van der Waals surface area contributed by atoms with Gasteiger partial charge in [-0.2, -0.15) is 8.42 Å². The molecule has 0 radical (unpaired) electrons. The van der Waals surface area contributed by atoms with Crippen molar-refractivity contribution in [1.29, 1.82) is 0 Å².